The van der Waals surface area contributed by atoms with E-state index in [1.54, 1.807) is 0 Å². The molecular weight excluding hydrogens is 238 g/mol. The Kier molecular flexibility index (Phi) is 5.23. The van der Waals surface area contributed by atoms with E-state index in [2.05, 4.69) is 38.2 Å². The minimum absolute atomic E-state index is 0.205. The lowest BCUT2D eigenvalue weighted by atomic mass is 10.0. The maximum Gasteiger partial charge on any atom is 0.124 e. The summed E-state index contributed by atoms with van der Waals surface area (Å²) in [5.74, 6) is 1.64. The molecule has 1 fully saturated rings. The van der Waals surface area contributed by atoms with Crippen molar-refractivity contribution in [3.63, 3.8) is 0 Å². The van der Waals surface area contributed by atoms with E-state index in [1.165, 1.54) is 12.0 Å². The van der Waals surface area contributed by atoms with Crippen molar-refractivity contribution in [2.24, 2.45) is 5.92 Å². The van der Waals surface area contributed by atoms with E-state index in [0.29, 0.717) is 12.0 Å². The SMILES string of the molecule is CC(C)Oc1ccccc1C(C)NCC1CCOC1. The quantitative estimate of drug-likeness (QED) is 0.855. The first-order valence-corrected chi connectivity index (χ1v) is 7.23. The largest absolute Gasteiger partial charge is 0.491 e. The molecule has 19 heavy (non-hydrogen) atoms. The monoisotopic (exact) mass is 263 g/mol. The van der Waals surface area contributed by atoms with Gasteiger partial charge in [-0.15, -0.1) is 0 Å². The summed E-state index contributed by atoms with van der Waals surface area (Å²) in [6, 6.07) is 8.58. The maximum atomic E-state index is 5.87. The fraction of sp³-hybridized carbons (Fsp3) is 0.625. The smallest absolute Gasteiger partial charge is 0.124 e. The summed E-state index contributed by atoms with van der Waals surface area (Å²) in [6.45, 7) is 9.13. The van der Waals surface area contributed by atoms with Crippen LogP contribution in [0.15, 0.2) is 24.3 Å². The average Bonchev–Trinajstić information content (AvgIpc) is 2.89. The second-order valence-electron chi connectivity index (χ2n) is 5.56. The number of nitrogens with one attached hydrogen (secondary N) is 1. The molecule has 0 aromatic heterocycles. The predicted octanol–water partition coefficient (Wildman–Crippen LogP) is 3.16. The zero-order chi connectivity index (χ0) is 13.7. The van der Waals surface area contributed by atoms with Gasteiger partial charge in [-0.2, -0.15) is 0 Å². The van der Waals surface area contributed by atoms with Crippen LogP contribution in [0.25, 0.3) is 0 Å². The van der Waals surface area contributed by atoms with Gasteiger partial charge in [0.2, 0.25) is 0 Å². The third-order valence-electron chi connectivity index (χ3n) is 3.48. The van der Waals surface area contributed by atoms with E-state index in [0.717, 1.165) is 25.5 Å². The molecule has 1 heterocycles. The van der Waals surface area contributed by atoms with Gasteiger partial charge in [-0.3, -0.25) is 0 Å². The first-order chi connectivity index (χ1) is 9.16. The van der Waals surface area contributed by atoms with Gasteiger partial charge in [0, 0.05) is 24.8 Å². The normalized spacial score (nSPS) is 20.7. The summed E-state index contributed by atoms with van der Waals surface area (Å²) in [6.07, 6.45) is 1.38. The lowest BCUT2D eigenvalue weighted by Gasteiger charge is -2.21. The Bertz CT molecular complexity index is 386. The lowest BCUT2D eigenvalue weighted by Crippen LogP contribution is -2.26. The van der Waals surface area contributed by atoms with Gasteiger partial charge >= 0.3 is 0 Å². The molecule has 1 N–H and O–H groups in total. The van der Waals surface area contributed by atoms with Crippen molar-refractivity contribution in [1.82, 2.24) is 5.32 Å². The number of ether oxygens (including phenoxy) is 2. The Hall–Kier alpha value is -1.06. The molecule has 0 radical (unpaired) electrons. The molecule has 2 rings (SSSR count). The number of rotatable bonds is 6. The molecule has 1 aromatic rings. The molecule has 2 unspecified atom stereocenters. The Morgan fingerprint density at radius 2 is 2.11 bits per heavy atom. The zero-order valence-electron chi connectivity index (χ0n) is 12.2. The fourth-order valence-electron chi connectivity index (χ4n) is 2.40. The van der Waals surface area contributed by atoms with Crippen LogP contribution in [0, 0.1) is 5.92 Å². The van der Waals surface area contributed by atoms with Crippen LogP contribution >= 0.6 is 0 Å². The molecule has 3 heteroatoms. The maximum absolute atomic E-state index is 5.87. The number of hydrogen-bond acceptors (Lipinski definition) is 3. The summed E-state index contributed by atoms with van der Waals surface area (Å²) in [5.41, 5.74) is 1.23. The summed E-state index contributed by atoms with van der Waals surface area (Å²) in [5, 5.41) is 3.59. The number of para-hydroxylation sites is 1. The van der Waals surface area contributed by atoms with E-state index in [1.807, 2.05) is 12.1 Å². The minimum atomic E-state index is 0.205. The zero-order valence-corrected chi connectivity index (χ0v) is 12.2. The second kappa shape index (κ2) is 6.92. The van der Waals surface area contributed by atoms with Gasteiger partial charge in [0.25, 0.3) is 0 Å². The highest BCUT2D eigenvalue weighted by Gasteiger charge is 2.18. The van der Waals surface area contributed by atoms with Crippen molar-refractivity contribution in [1.29, 1.82) is 0 Å². The van der Waals surface area contributed by atoms with E-state index in [9.17, 15) is 0 Å². The Morgan fingerprint density at radius 3 is 2.79 bits per heavy atom. The van der Waals surface area contributed by atoms with Crippen LogP contribution in [0.4, 0.5) is 0 Å². The summed E-state index contributed by atoms with van der Waals surface area (Å²) in [4.78, 5) is 0. The third kappa shape index (κ3) is 4.22. The number of benzene rings is 1. The van der Waals surface area contributed by atoms with E-state index in [-0.39, 0.29) is 6.10 Å². The molecule has 1 aliphatic heterocycles. The summed E-state index contributed by atoms with van der Waals surface area (Å²) >= 11 is 0. The van der Waals surface area contributed by atoms with E-state index in [4.69, 9.17) is 9.47 Å². The molecule has 0 spiro atoms. The van der Waals surface area contributed by atoms with Crippen molar-refractivity contribution in [3.05, 3.63) is 29.8 Å². The van der Waals surface area contributed by atoms with Gasteiger partial charge in [0.15, 0.2) is 0 Å². The molecule has 2 atom stereocenters. The Labute approximate surface area is 116 Å². The van der Waals surface area contributed by atoms with Gasteiger partial charge in [0.05, 0.1) is 12.7 Å². The molecule has 1 saturated heterocycles. The highest BCUT2D eigenvalue weighted by molar-refractivity contribution is 5.35. The lowest BCUT2D eigenvalue weighted by molar-refractivity contribution is 0.184. The Balaban J connectivity index is 1.95. The van der Waals surface area contributed by atoms with Gasteiger partial charge in [-0.05, 0) is 39.2 Å². The topological polar surface area (TPSA) is 30.5 Å². The van der Waals surface area contributed by atoms with Crippen LogP contribution in [0.5, 0.6) is 5.75 Å². The second-order valence-corrected chi connectivity index (χ2v) is 5.56. The molecule has 0 aliphatic carbocycles. The van der Waals surface area contributed by atoms with Gasteiger partial charge in [-0.25, -0.2) is 0 Å². The average molecular weight is 263 g/mol. The van der Waals surface area contributed by atoms with Crippen LogP contribution in [0.2, 0.25) is 0 Å². The van der Waals surface area contributed by atoms with E-state index >= 15 is 0 Å². The summed E-state index contributed by atoms with van der Waals surface area (Å²) < 4.78 is 11.3. The highest BCUT2D eigenvalue weighted by Crippen LogP contribution is 2.26. The highest BCUT2D eigenvalue weighted by atomic mass is 16.5. The first-order valence-electron chi connectivity index (χ1n) is 7.23. The first kappa shape index (κ1) is 14.4. The van der Waals surface area contributed by atoms with Crippen molar-refractivity contribution in [2.75, 3.05) is 19.8 Å². The standard InChI is InChI=1S/C16H25NO2/c1-12(2)19-16-7-5-4-6-15(16)13(3)17-10-14-8-9-18-11-14/h4-7,12-14,17H,8-11H2,1-3H3. The van der Waals surface area contributed by atoms with Crippen LogP contribution in [-0.4, -0.2) is 25.9 Å². The molecule has 0 bridgehead atoms. The molecule has 3 nitrogen and oxygen atoms in total. The molecule has 1 aliphatic rings. The third-order valence-corrected chi connectivity index (χ3v) is 3.48. The van der Waals surface area contributed by atoms with Crippen molar-refractivity contribution >= 4 is 0 Å². The molecule has 106 valence electrons. The molecular formula is C16H25NO2. The minimum Gasteiger partial charge on any atom is -0.491 e. The molecule has 1 aromatic carbocycles. The summed E-state index contributed by atoms with van der Waals surface area (Å²) in [7, 11) is 0. The molecule has 0 amide bonds. The van der Waals surface area contributed by atoms with Gasteiger partial charge < -0.3 is 14.8 Å². The van der Waals surface area contributed by atoms with Gasteiger partial charge in [0.1, 0.15) is 5.75 Å². The van der Waals surface area contributed by atoms with Crippen LogP contribution < -0.4 is 10.1 Å². The fourth-order valence-corrected chi connectivity index (χ4v) is 2.40. The van der Waals surface area contributed by atoms with Crippen LogP contribution in [0.1, 0.15) is 38.8 Å². The number of hydrogen-bond donors (Lipinski definition) is 1. The van der Waals surface area contributed by atoms with Gasteiger partial charge in [-0.1, -0.05) is 18.2 Å². The van der Waals surface area contributed by atoms with Crippen LogP contribution in [0.3, 0.4) is 0 Å². The van der Waals surface area contributed by atoms with Crippen molar-refractivity contribution in [2.45, 2.75) is 39.3 Å². The Morgan fingerprint density at radius 1 is 1.32 bits per heavy atom. The predicted molar refractivity (Wildman–Crippen MR) is 77.5 cm³/mol. The van der Waals surface area contributed by atoms with Crippen LogP contribution in [-0.2, 0) is 4.74 Å². The van der Waals surface area contributed by atoms with Crippen molar-refractivity contribution < 1.29 is 9.47 Å². The van der Waals surface area contributed by atoms with E-state index < -0.39 is 0 Å². The molecule has 0 saturated carbocycles. The van der Waals surface area contributed by atoms with Crippen molar-refractivity contribution in [3.8, 4) is 5.75 Å².